The molecular formula is C10H11ClFNOS. The topological polar surface area (TPSA) is 29.1 Å². The monoisotopic (exact) mass is 247 g/mol. The van der Waals surface area contributed by atoms with E-state index in [4.69, 9.17) is 11.6 Å². The second-order valence-electron chi connectivity index (χ2n) is 3.41. The summed E-state index contributed by atoms with van der Waals surface area (Å²) in [4.78, 5) is 0. The number of rotatable bonds is 1. The largest absolute Gasteiger partial charge is 0.314 e. The first-order chi connectivity index (χ1) is 7.20. The Morgan fingerprint density at radius 2 is 2.33 bits per heavy atom. The fourth-order valence-corrected chi connectivity index (χ4v) is 3.49. The molecule has 0 spiro atoms. The Kier molecular flexibility index (Phi) is 3.38. The van der Waals surface area contributed by atoms with Gasteiger partial charge in [-0.25, -0.2) is 4.39 Å². The summed E-state index contributed by atoms with van der Waals surface area (Å²) < 4.78 is 25.3. The van der Waals surface area contributed by atoms with Gasteiger partial charge in [-0.3, -0.25) is 4.21 Å². The molecule has 2 atom stereocenters. The van der Waals surface area contributed by atoms with Crippen LogP contribution in [0.25, 0.3) is 0 Å². The zero-order valence-corrected chi connectivity index (χ0v) is 9.58. The molecule has 82 valence electrons. The molecule has 15 heavy (non-hydrogen) atoms. The van der Waals surface area contributed by atoms with Crippen molar-refractivity contribution in [3.8, 4) is 0 Å². The summed E-state index contributed by atoms with van der Waals surface area (Å²) in [6, 6.07) is 4.54. The molecule has 2 nitrogen and oxygen atoms in total. The fourth-order valence-electron chi connectivity index (χ4n) is 1.69. The summed E-state index contributed by atoms with van der Waals surface area (Å²) in [6.45, 7) is 1.24. The van der Waals surface area contributed by atoms with Crippen LogP contribution in [0.4, 0.5) is 4.39 Å². The molecule has 1 aromatic carbocycles. The quantitative estimate of drug-likeness (QED) is 0.821. The predicted octanol–water partition coefficient (Wildman–Crippen LogP) is 1.87. The number of nitrogens with one attached hydrogen (secondary N) is 1. The summed E-state index contributed by atoms with van der Waals surface area (Å²) in [6.07, 6.45) is 0. The van der Waals surface area contributed by atoms with Crippen LogP contribution in [0.15, 0.2) is 18.2 Å². The van der Waals surface area contributed by atoms with E-state index < -0.39 is 10.8 Å². The minimum atomic E-state index is -1.04. The van der Waals surface area contributed by atoms with E-state index in [-0.39, 0.29) is 11.1 Å². The van der Waals surface area contributed by atoms with Crippen LogP contribution in [0.3, 0.4) is 0 Å². The minimum Gasteiger partial charge on any atom is -0.314 e. The molecule has 1 aliphatic rings. The Bertz CT molecular complexity index is 379. The molecule has 5 heteroatoms. The van der Waals surface area contributed by atoms with Crippen molar-refractivity contribution in [3.63, 3.8) is 0 Å². The zero-order chi connectivity index (χ0) is 10.8. The van der Waals surface area contributed by atoms with Gasteiger partial charge in [0.2, 0.25) is 0 Å². The number of hydrogen-bond acceptors (Lipinski definition) is 2. The molecule has 1 heterocycles. The van der Waals surface area contributed by atoms with E-state index in [9.17, 15) is 8.60 Å². The van der Waals surface area contributed by atoms with Gasteiger partial charge in [-0.15, -0.1) is 0 Å². The standard InChI is InChI=1S/C10H11ClFNOS/c11-7-2-1-3-8(12)10(7)9-6-13-4-5-15(9)14/h1-3,9,13H,4-6H2. The Labute approximate surface area is 95.3 Å². The normalized spacial score (nSPS) is 26.5. The van der Waals surface area contributed by atoms with E-state index in [1.54, 1.807) is 12.1 Å². The Hall–Kier alpha value is -0.450. The molecule has 2 rings (SSSR count). The molecule has 1 aromatic rings. The Morgan fingerprint density at radius 3 is 3.00 bits per heavy atom. The van der Waals surface area contributed by atoms with Gasteiger partial charge >= 0.3 is 0 Å². The van der Waals surface area contributed by atoms with Crippen LogP contribution < -0.4 is 5.32 Å². The lowest BCUT2D eigenvalue weighted by Gasteiger charge is -2.23. The van der Waals surface area contributed by atoms with Crippen molar-refractivity contribution < 1.29 is 8.60 Å². The maximum Gasteiger partial charge on any atom is 0.129 e. The van der Waals surface area contributed by atoms with Crippen molar-refractivity contribution in [2.24, 2.45) is 0 Å². The van der Waals surface area contributed by atoms with Crippen LogP contribution in [0.1, 0.15) is 10.8 Å². The zero-order valence-electron chi connectivity index (χ0n) is 8.00. The van der Waals surface area contributed by atoms with E-state index in [1.165, 1.54) is 6.07 Å². The van der Waals surface area contributed by atoms with E-state index >= 15 is 0 Å². The van der Waals surface area contributed by atoms with Gasteiger partial charge in [-0.2, -0.15) is 0 Å². The van der Waals surface area contributed by atoms with Crippen molar-refractivity contribution in [3.05, 3.63) is 34.6 Å². The van der Waals surface area contributed by atoms with Crippen LogP contribution in [-0.2, 0) is 10.8 Å². The lowest BCUT2D eigenvalue weighted by Crippen LogP contribution is -2.35. The Morgan fingerprint density at radius 1 is 1.53 bits per heavy atom. The van der Waals surface area contributed by atoms with Gasteiger partial charge in [0, 0.05) is 40.2 Å². The lowest BCUT2D eigenvalue weighted by atomic mass is 10.1. The van der Waals surface area contributed by atoms with Gasteiger partial charge in [0.25, 0.3) is 0 Å². The van der Waals surface area contributed by atoms with Crippen LogP contribution in [-0.4, -0.2) is 23.1 Å². The first-order valence-electron chi connectivity index (χ1n) is 4.72. The van der Waals surface area contributed by atoms with Gasteiger partial charge < -0.3 is 5.32 Å². The highest BCUT2D eigenvalue weighted by molar-refractivity contribution is 7.85. The summed E-state index contributed by atoms with van der Waals surface area (Å²) in [5.74, 6) is 0.180. The molecule has 1 saturated heterocycles. The molecule has 0 radical (unpaired) electrons. The maximum atomic E-state index is 13.6. The number of benzene rings is 1. The lowest BCUT2D eigenvalue weighted by molar-refractivity contribution is 0.580. The van der Waals surface area contributed by atoms with Crippen molar-refractivity contribution in [1.29, 1.82) is 0 Å². The highest BCUT2D eigenvalue weighted by atomic mass is 35.5. The summed E-state index contributed by atoms with van der Waals surface area (Å²) >= 11 is 5.93. The number of hydrogen-bond donors (Lipinski definition) is 1. The molecule has 1 aliphatic heterocycles. The van der Waals surface area contributed by atoms with Crippen molar-refractivity contribution in [2.45, 2.75) is 5.25 Å². The van der Waals surface area contributed by atoms with Gasteiger partial charge in [0.05, 0.1) is 5.25 Å². The third-order valence-corrected chi connectivity index (χ3v) is 4.42. The highest BCUT2D eigenvalue weighted by Gasteiger charge is 2.26. The second-order valence-corrected chi connectivity index (χ2v) is 5.56. The SMILES string of the molecule is O=S1CCNCC1c1c(F)cccc1Cl. The molecule has 0 amide bonds. The first kappa shape index (κ1) is 11.0. The molecule has 0 aromatic heterocycles. The average Bonchev–Trinajstić information content (AvgIpc) is 2.20. The summed E-state index contributed by atoms with van der Waals surface area (Å²) in [7, 11) is -1.04. The minimum absolute atomic E-state index is 0.326. The summed E-state index contributed by atoms with van der Waals surface area (Å²) in [5, 5.41) is 3.13. The van der Waals surface area contributed by atoms with Crippen LogP contribution in [0.5, 0.6) is 0 Å². The van der Waals surface area contributed by atoms with Gasteiger partial charge in [0.15, 0.2) is 0 Å². The molecule has 1 N–H and O–H groups in total. The first-order valence-corrected chi connectivity index (χ1v) is 6.48. The van der Waals surface area contributed by atoms with E-state index in [0.29, 0.717) is 22.9 Å². The molecule has 0 saturated carbocycles. The van der Waals surface area contributed by atoms with Crippen molar-refractivity contribution in [2.75, 3.05) is 18.8 Å². The van der Waals surface area contributed by atoms with Gasteiger partial charge in [-0.1, -0.05) is 17.7 Å². The van der Waals surface area contributed by atoms with Crippen LogP contribution in [0, 0.1) is 5.82 Å². The van der Waals surface area contributed by atoms with Crippen LogP contribution in [0.2, 0.25) is 5.02 Å². The van der Waals surface area contributed by atoms with E-state index in [0.717, 1.165) is 6.54 Å². The molecule has 1 fully saturated rings. The number of halogens is 2. The average molecular weight is 248 g/mol. The summed E-state index contributed by atoms with van der Waals surface area (Å²) in [5.41, 5.74) is 0.379. The van der Waals surface area contributed by atoms with Gasteiger partial charge in [0.1, 0.15) is 5.82 Å². The molecular weight excluding hydrogens is 237 g/mol. The highest BCUT2D eigenvalue weighted by Crippen LogP contribution is 2.30. The van der Waals surface area contributed by atoms with Gasteiger partial charge in [-0.05, 0) is 12.1 Å². The third-order valence-electron chi connectivity index (χ3n) is 2.45. The van der Waals surface area contributed by atoms with Crippen LogP contribution >= 0.6 is 11.6 Å². The Balaban J connectivity index is 2.39. The van der Waals surface area contributed by atoms with Crippen molar-refractivity contribution in [1.82, 2.24) is 5.32 Å². The smallest absolute Gasteiger partial charge is 0.129 e. The third kappa shape index (κ3) is 2.22. The molecule has 0 bridgehead atoms. The predicted molar refractivity (Wildman–Crippen MR) is 60.0 cm³/mol. The fraction of sp³-hybridized carbons (Fsp3) is 0.400. The molecule has 2 unspecified atom stereocenters. The van der Waals surface area contributed by atoms with E-state index in [2.05, 4.69) is 5.32 Å². The second kappa shape index (κ2) is 4.60. The van der Waals surface area contributed by atoms with E-state index in [1.807, 2.05) is 0 Å². The maximum absolute atomic E-state index is 13.6. The molecule has 0 aliphatic carbocycles. The van der Waals surface area contributed by atoms with Crippen molar-refractivity contribution >= 4 is 22.4 Å².